The second-order valence-electron chi connectivity index (χ2n) is 6.87. The van der Waals surface area contributed by atoms with Crippen LogP contribution in [-0.4, -0.2) is 60.0 Å². The molecule has 1 aliphatic heterocycles. The molecule has 0 aliphatic carbocycles. The number of piperidine rings is 1. The average molecular weight is 389 g/mol. The maximum Gasteiger partial charge on any atom is 0.346 e. The number of aromatic carboxylic acids is 1. The average Bonchev–Trinajstić information content (AvgIpc) is 3.04. The second kappa shape index (κ2) is 7.96. The highest BCUT2D eigenvalue weighted by Crippen LogP contribution is 2.31. The molecule has 27 heavy (non-hydrogen) atoms. The first-order valence-electron chi connectivity index (χ1n) is 8.86. The molecule has 1 aromatic carbocycles. The first-order chi connectivity index (χ1) is 12.9. The normalized spacial score (nSPS) is 15.0. The van der Waals surface area contributed by atoms with E-state index >= 15 is 0 Å². The van der Waals surface area contributed by atoms with Crippen molar-refractivity contribution in [2.24, 2.45) is 5.92 Å². The molecule has 144 valence electrons. The zero-order valence-electron chi connectivity index (χ0n) is 15.4. The SMILES string of the molecule is CN(C)C(=O)N1CCC(C(=O)NCc2c(C(=O)O)sc3ccccc23)CC1. The summed E-state index contributed by atoms with van der Waals surface area (Å²) in [5, 5.41) is 13.2. The van der Waals surface area contributed by atoms with E-state index in [4.69, 9.17) is 0 Å². The summed E-state index contributed by atoms with van der Waals surface area (Å²) in [6.45, 7) is 1.30. The molecule has 3 amide bonds. The Morgan fingerprint density at radius 3 is 2.52 bits per heavy atom. The molecule has 0 bridgehead atoms. The zero-order valence-corrected chi connectivity index (χ0v) is 16.2. The molecule has 1 fully saturated rings. The number of hydrogen-bond donors (Lipinski definition) is 2. The number of carbonyl (C=O) groups is 3. The fraction of sp³-hybridized carbons (Fsp3) is 0.421. The van der Waals surface area contributed by atoms with E-state index in [9.17, 15) is 19.5 Å². The number of benzene rings is 1. The van der Waals surface area contributed by atoms with Crippen LogP contribution in [0.25, 0.3) is 10.1 Å². The monoisotopic (exact) mass is 389 g/mol. The van der Waals surface area contributed by atoms with Gasteiger partial charge in [0.2, 0.25) is 5.91 Å². The maximum absolute atomic E-state index is 12.6. The van der Waals surface area contributed by atoms with Gasteiger partial charge in [0.15, 0.2) is 0 Å². The van der Waals surface area contributed by atoms with Crippen LogP contribution in [0.3, 0.4) is 0 Å². The number of thiophene rings is 1. The number of carbonyl (C=O) groups excluding carboxylic acids is 2. The molecule has 0 radical (unpaired) electrons. The summed E-state index contributed by atoms with van der Waals surface area (Å²) in [5.74, 6) is -1.22. The molecule has 2 aromatic rings. The Morgan fingerprint density at radius 2 is 1.89 bits per heavy atom. The minimum Gasteiger partial charge on any atom is -0.477 e. The lowest BCUT2D eigenvalue weighted by Crippen LogP contribution is -2.46. The number of urea groups is 1. The fourth-order valence-electron chi connectivity index (χ4n) is 3.38. The van der Waals surface area contributed by atoms with Crippen LogP contribution in [0.15, 0.2) is 24.3 Å². The quantitative estimate of drug-likeness (QED) is 0.841. The molecule has 2 heterocycles. The highest BCUT2D eigenvalue weighted by atomic mass is 32.1. The molecule has 0 atom stereocenters. The van der Waals surface area contributed by atoms with Crippen LogP contribution >= 0.6 is 11.3 Å². The van der Waals surface area contributed by atoms with Gasteiger partial charge in [-0.15, -0.1) is 11.3 Å². The molecule has 1 saturated heterocycles. The Hall–Kier alpha value is -2.61. The molecule has 3 rings (SSSR count). The number of likely N-dealkylation sites (tertiary alicyclic amines) is 1. The van der Waals surface area contributed by atoms with Crippen LogP contribution < -0.4 is 5.32 Å². The number of fused-ring (bicyclic) bond motifs is 1. The van der Waals surface area contributed by atoms with Crippen molar-refractivity contribution < 1.29 is 19.5 Å². The molecule has 1 aliphatic rings. The van der Waals surface area contributed by atoms with Gasteiger partial charge in [-0.25, -0.2) is 9.59 Å². The summed E-state index contributed by atoms with van der Waals surface area (Å²) in [4.78, 5) is 39.6. The first kappa shape index (κ1) is 19.2. The minimum atomic E-state index is -0.976. The summed E-state index contributed by atoms with van der Waals surface area (Å²) in [6.07, 6.45) is 1.23. The highest BCUT2D eigenvalue weighted by Gasteiger charge is 2.28. The van der Waals surface area contributed by atoms with Gasteiger partial charge in [-0.2, -0.15) is 0 Å². The van der Waals surface area contributed by atoms with Crippen molar-refractivity contribution >= 4 is 39.3 Å². The molecule has 1 aromatic heterocycles. The Labute approximate surface area is 161 Å². The Bertz CT molecular complexity index is 869. The topological polar surface area (TPSA) is 90.0 Å². The van der Waals surface area contributed by atoms with Crippen molar-refractivity contribution in [3.05, 3.63) is 34.7 Å². The number of carboxylic acid groups (broad SMARTS) is 1. The van der Waals surface area contributed by atoms with Crippen molar-refractivity contribution in [3.63, 3.8) is 0 Å². The molecular formula is C19H23N3O4S. The number of carboxylic acids is 1. The van der Waals surface area contributed by atoms with Gasteiger partial charge in [0, 0.05) is 49.9 Å². The third-order valence-corrected chi connectivity index (χ3v) is 6.05. The van der Waals surface area contributed by atoms with Crippen molar-refractivity contribution in [1.82, 2.24) is 15.1 Å². The summed E-state index contributed by atoms with van der Waals surface area (Å²) < 4.78 is 0.898. The van der Waals surface area contributed by atoms with Gasteiger partial charge in [0.1, 0.15) is 4.88 Å². The van der Waals surface area contributed by atoms with Crippen LogP contribution in [0, 0.1) is 5.92 Å². The van der Waals surface area contributed by atoms with Crippen LogP contribution in [0.4, 0.5) is 4.79 Å². The van der Waals surface area contributed by atoms with E-state index in [-0.39, 0.29) is 29.3 Å². The fourth-order valence-corrected chi connectivity index (χ4v) is 4.44. The van der Waals surface area contributed by atoms with Gasteiger partial charge in [-0.3, -0.25) is 4.79 Å². The van der Waals surface area contributed by atoms with Gasteiger partial charge < -0.3 is 20.2 Å². The number of hydrogen-bond acceptors (Lipinski definition) is 4. The molecule has 2 N–H and O–H groups in total. The van der Waals surface area contributed by atoms with E-state index in [1.54, 1.807) is 19.0 Å². The second-order valence-corrected chi connectivity index (χ2v) is 7.92. The Morgan fingerprint density at radius 1 is 1.22 bits per heavy atom. The van der Waals surface area contributed by atoms with Gasteiger partial charge in [-0.1, -0.05) is 18.2 Å². The van der Waals surface area contributed by atoms with Gasteiger partial charge in [0.25, 0.3) is 0 Å². The third kappa shape index (κ3) is 4.05. The smallest absolute Gasteiger partial charge is 0.346 e. The van der Waals surface area contributed by atoms with Crippen molar-refractivity contribution in [2.45, 2.75) is 19.4 Å². The number of nitrogens with one attached hydrogen (secondary N) is 1. The van der Waals surface area contributed by atoms with E-state index in [1.807, 2.05) is 24.3 Å². The lowest BCUT2D eigenvalue weighted by molar-refractivity contribution is -0.126. The molecule has 0 saturated carbocycles. The lowest BCUT2D eigenvalue weighted by Gasteiger charge is -2.33. The summed E-state index contributed by atoms with van der Waals surface area (Å²) in [6, 6.07) is 7.46. The molecule has 7 nitrogen and oxygen atoms in total. The van der Waals surface area contributed by atoms with Gasteiger partial charge in [-0.05, 0) is 24.3 Å². The molecular weight excluding hydrogens is 366 g/mol. The standard InChI is InChI=1S/C19H23N3O4S/c1-21(2)19(26)22-9-7-12(8-10-22)17(23)20-11-14-13-5-3-4-6-15(13)27-16(14)18(24)25/h3-6,12H,7-11H2,1-2H3,(H,20,23)(H,24,25). The van der Waals surface area contributed by atoms with E-state index in [0.29, 0.717) is 31.5 Å². The highest BCUT2D eigenvalue weighted by molar-refractivity contribution is 7.21. The summed E-state index contributed by atoms with van der Waals surface area (Å²) in [7, 11) is 3.43. The van der Waals surface area contributed by atoms with Crippen LogP contribution in [0.5, 0.6) is 0 Å². The van der Waals surface area contributed by atoms with Gasteiger partial charge >= 0.3 is 12.0 Å². The van der Waals surface area contributed by atoms with E-state index < -0.39 is 5.97 Å². The van der Waals surface area contributed by atoms with Crippen molar-refractivity contribution in [3.8, 4) is 0 Å². The Balaban J connectivity index is 1.64. The van der Waals surface area contributed by atoms with Crippen molar-refractivity contribution in [1.29, 1.82) is 0 Å². The summed E-state index contributed by atoms with van der Waals surface area (Å²) >= 11 is 1.23. The predicted octanol–water partition coefficient (Wildman–Crippen LogP) is 2.61. The van der Waals surface area contributed by atoms with Crippen LogP contribution in [0.1, 0.15) is 28.1 Å². The van der Waals surface area contributed by atoms with Gasteiger partial charge in [0.05, 0.1) is 0 Å². The number of nitrogens with zero attached hydrogens (tertiary/aromatic N) is 2. The predicted molar refractivity (Wildman–Crippen MR) is 104 cm³/mol. The zero-order chi connectivity index (χ0) is 19.6. The van der Waals surface area contributed by atoms with E-state index in [1.165, 1.54) is 16.2 Å². The third-order valence-electron chi connectivity index (χ3n) is 4.85. The van der Waals surface area contributed by atoms with E-state index in [0.717, 1.165) is 10.1 Å². The lowest BCUT2D eigenvalue weighted by atomic mass is 9.96. The molecule has 0 spiro atoms. The Kier molecular flexibility index (Phi) is 5.65. The van der Waals surface area contributed by atoms with Crippen LogP contribution in [0.2, 0.25) is 0 Å². The van der Waals surface area contributed by atoms with Crippen molar-refractivity contribution in [2.75, 3.05) is 27.2 Å². The number of amides is 3. The molecule has 0 unspecified atom stereocenters. The minimum absolute atomic E-state index is 0.0373. The number of rotatable bonds is 4. The maximum atomic E-state index is 12.6. The molecule has 8 heteroatoms. The van der Waals surface area contributed by atoms with E-state index in [2.05, 4.69) is 5.32 Å². The largest absolute Gasteiger partial charge is 0.477 e. The first-order valence-corrected chi connectivity index (χ1v) is 9.67. The summed E-state index contributed by atoms with van der Waals surface area (Å²) in [5.41, 5.74) is 0.650. The van der Waals surface area contributed by atoms with Crippen LogP contribution in [-0.2, 0) is 11.3 Å².